The van der Waals surface area contributed by atoms with Crippen molar-refractivity contribution >= 4 is 17.3 Å². The zero-order valence-corrected chi connectivity index (χ0v) is 14.8. The predicted octanol–water partition coefficient (Wildman–Crippen LogP) is 3.46. The van der Waals surface area contributed by atoms with E-state index in [9.17, 15) is 13.2 Å². The van der Waals surface area contributed by atoms with Gasteiger partial charge in [0, 0.05) is 30.9 Å². The summed E-state index contributed by atoms with van der Waals surface area (Å²) in [6.45, 7) is 2.93. The highest BCUT2D eigenvalue weighted by molar-refractivity contribution is 7.11. The highest BCUT2D eigenvalue weighted by Crippen LogP contribution is 2.27. The van der Waals surface area contributed by atoms with Crippen LogP contribution in [-0.2, 0) is 19.3 Å². The number of halogens is 3. The van der Waals surface area contributed by atoms with Crippen LogP contribution in [0.15, 0.2) is 4.99 Å². The summed E-state index contributed by atoms with van der Waals surface area (Å²) in [5, 5.41) is 6.85. The van der Waals surface area contributed by atoms with E-state index in [1.54, 1.807) is 11.3 Å². The molecule has 1 aliphatic carbocycles. The summed E-state index contributed by atoms with van der Waals surface area (Å²) in [7, 11) is 0. The molecule has 0 aromatic carbocycles. The van der Waals surface area contributed by atoms with E-state index < -0.39 is 12.6 Å². The highest BCUT2D eigenvalue weighted by Gasteiger charge is 2.26. The number of thiazole rings is 1. The first-order valence-electron chi connectivity index (χ1n) is 8.54. The average Bonchev–Trinajstić information content (AvgIpc) is 2.93. The number of aliphatic imine (C=N–C) groups is 1. The molecule has 0 bridgehead atoms. The number of hydrogen-bond donors (Lipinski definition) is 2. The van der Waals surface area contributed by atoms with Gasteiger partial charge < -0.3 is 10.6 Å². The van der Waals surface area contributed by atoms with Crippen LogP contribution in [0.25, 0.3) is 0 Å². The van der Waals surface area contributed by atoms with Gasteiger partial charge in [-0.3, -0.25) is 4.99 Å². The lowest BCUT2D eigenvalue weighted by Crippen LogP contribution is -2.39. The van der Waals surface area contributed by atoms with E-state index in [4.69, 9.17) is 4.98 Å². The molecule has 0 atom stereocenters. The van der Waals surface area contributed by atoms with E-state index in [2.05, 4.69) is 15.6 Å². The molecule has 0 fully saturated rings. The zero-order valence-electron chi connectivity index (χ0n) is 14.0. The van der Waals surface area contributed by atoms with E-state index >= 15 is 0 Å². The molecule has 1 aromatic rings. The Morgan fingerprint density at radius 3 is 2.75 bits per heavy atom. The maximum atomic E-state index is 12.2. The van der Waals surface area contributed by atoms with Gasteiger partial charge >= 0.3 is 6.18 Å². The summed E-state index contributed by atoms with van der Waals surface area (Å²) in [5.74, 6) is 0.445. The Balaban J connectivity index is 1.74. The van der Waals surface area contributed by atoms with E-state index in [1.165, 1.54) is 23.4 Å². The molecule has 0 saturated heterocycles. The minimum absolute atomic E-state index is 0.158. The van der Waals surface area contributed by atoms with Gasteiger partial charge in [0.2, 0.25) is 0 Å². The van der Waals surface area contributed by atoms with Crippen molar-refractivity contribution in [2.75, 3.05) is 19.6 Å². The maximum absolute atomic E-state index is 12.2. The van der Waals surface area contributed by atoms with E-state index in [-0.39, 0.29) is 6.54 Å². The number of aryl methyl sites for hydroxylation is 3. The number of guanidine groups is 1. The first-order valence-corrected chi connectivity index (χ1v) is 9.36. The van der Waals surface area contributed by atoms with E-state index in [0.717, 1.165) is 30.7 Å². The Kier molecular flexibility index (Phi) is 7.33. The van der Waals surface area contributed by atoms with Crippen LogP contribution >= 0.6 is 11.3 Å². The largest absolute Gasteiger partial charge is 0.390 e. The van der Waals surface area contributed by atoms with Crippen LogP contribution in [0.4, 0.5) is 13.2 Å². The number of nitrogens with zero attached hydrogens (tertiary/aromatic N) is 2. The molecule has 1 aliphatic rings. The number of hydrogen-bond acceptors (Lipinski definition) is 3. The molecule has 1 heterocycles. The Hall–Kier alpha value is -1.31. The van der Waals surface area contributed by atoms with Crippen LogP contribution < -0.4 is 10.6 Å². The summed E-state index contributed by atoms with van der Waals surface area (Å²) < 4.78 is 36.5. The molecule has 0 aliphatic heterocycles. The minimum Gasteiger partial charge on any atom is -0.357 e. The van der Waals surface area contributed by atoms with Crippen molar-refractivity contribution < 1.29 is 13.2 Å². The molecule has 0 radical (unpaired) electrons. The molecular formula is C16H25F3N4S. The molecule has 2 N–H and O–H groups in total. The number of aromatic nitrogens is 1. The smallest absolute Gasteiger partial charge is 0.357 e. The van der Waals surface area contributed by atoms with Crippen LogP contribution in [-0.4, -0.2) is 36.8 Å². The van der Waals surface area contributed by atoms with Gasteiger partial charge in [-0.05, 0) is 39.0 Å². The van der Waals surface area contributed by atoms with Crippen molar-refractivity contribution in [1.29, 1.82) is 0 Å². The molecule has 0 saturated carbocycles. The Labute approximate surface area is 145 Å². The number of nitrogens with one attached hydrogen (secondary N) is 2. The third kappa shape index (κ3) is 6.67. The Morgan fingerprint density at radius 2 is 2.04 bits per heavy atom. The highest BCUT2D eigenvalue weighted by atomic mass is 32.1. The van der Waals surface area contributed by atoms with Crippen LogP contribution in [0, 0.1) is 0 Å². The van der Waals surface area contributed by atoms with E-state index in [1.807, 2.05) is 6.92 Å². The van der Waals surface area contributed by atoms with Crippen LogP contribution in [0.2, 0.25) is 0 Å². The van der Waals surface area contributed by atoms with Crippen molar-refractivity contribution in [2.24, 2.45) is 4.99 Å². The minimum atomic E-state index is -4.14. The van der Waals surface area contributed by atoms with Crippen molar-refractivity contribution in [1.82, 2.24) is 15.6 Å². The van der Waals surface area contributed by atoms with Gasteiger partial charge in [-0.25, -0.2) is 4.98 Å². The van der Waals surface area contributed by atoms with E-state index in [0.29, 0.717) is 19.0 Å². The molecule has 0 amide bonds. The molecule has 24 heavy (non-hydrogen) atoms. The standard InChI is InChI=1S/C16H25F3N4S/c1-2-20-15(22-11-9-16(17,18)19)21-10-5-8-14-23-12-6-3-4-7-13(12)24-14/h2-11H2,1H3,(H2,20,21,22). The van der Waals surface area contributed by atoms with Crippen LogP contribution in [0.3, 0.4) is 0 Å². The fourth-order valence-electron chi connectivity index (χ4n) is 2.60. The normalized spacial score (nSPS) is 15.2. The second kappa shape index (κ2) is 9.25. The van der Waals surface area contributed by atoms with Gasteiger partial charge in [0.1, 0.15) is 0 Å². The van der Waals surface area contributed by atoms with Gasteiger partial charge in [0.05, 0.1) is 17.1 Å². The first-order chi connectivity index (χ1) is 11.5. The Morgan fingerprint density at radius 1 is 1.25 bits per heavy atom. The molecule has 2 rings (SSSR count). The summed E-state index contributed by atoms with van der Waals surface area (Å²) >= 11 is 1.81. The molecule has 0 unspecified atom stereocenters. The lowest BCUT2D eigenvalue weighted by Gasteiger charge is -2.12. The molecule has 136 valence electrons. The quantitative estimate of drug-likeness (QED) is 0.444. The van der Waals surface area contributed by atoms with Gasteiger partial charge in [-0.2, -0.15) is 13.2 Å². The molecule has 1 aromatic heterocycles. The third-order valence-corrected chi connectivity index (χ3v) is 4.97. The van der Waals surface area contributed by atoms with Gasteiger partial charge in [0.15, 0.2) is 5.96 Å². The lowest BCUT2D eigenvalue weighted by atomic mass is 10.0. The predicted molar refractivity (Wildman–Crippen MR) is 91.7 cm³/mol. The van der Waals surface area contributed by atoms with Crippen molar-refractivity contribution in [3.63, 3.8) is 0 Å². The monoisotopic (exact) mass is 362 g/mol. The SMILES string of the molecule is CCNC(=NCCCc1nc2c(s1)CCCC2)NCCC(F)(F)F. The average molecular weight is 362 g/mol. The number of alkyl halides is 3. The fraction of sp³-hybridized carbons (Fsp3) is 0.750. The molecule has 0 spiro atoms. The van der Waals surface area contributed by atoms with Gasteiger partial charge in [0.25, 0.3) is 0 Å². The topological polar surface area (TPSA) is 49.3 Å². The fourth-order valence-corrected chi connectivity index (χ4v) is 3.80. The summed E-state index contributed by atoms with van der Waals surface area (Å²) in [6, 6.07) is 0. The second-order valence-electron chi connectivity index (χ2n) is 5.84. The van der Waals surface area contributed by atoms with Crippen molar-refractivity contribution in [2.45, 2.75) is 58.0 Å². The number of fused-ring (bicyclic) bond motifs is 1. The Bertz CT molecular complexity index is 516. The summed E-state index contributed by atoms with van der Waals surface area (Å²) in [6.07, 6.45) is 1.46. The third-order valence-electron chi connectivity index (χ3n) is 3.75. The first kappa shape index (κ1) is 19.0. The zero-order chi connectivity index (χ0) is 17.4. The number of rotatable bonds is 7. The van der Waals surface area contributed by atoms with Crippen molar-refractivity contribution in [3.8, 4) is 0 Å². The lowest BCUT2D eigenvalue weighted by molar-refractivity contribution is -0.132. The van der Waals surface area contributed by atoms with Gasteiger partial charge in [-0.15, -0.1) is 11.3 Å². The maximum Gasteiger partial charge on any atom is 0.390 e. The second-order valence-corrected chi connectivity index (χ2v) is 7.01. The van der Waals surface area contributed by atoms with Crippen molar-refractivity contribution in [3.05, 3.63) is 15.6 Å². The summed E-state index contributed by atoms with van der Waals surface area (Å²) in [5.41, 5.74) is 1.27. The van der Waals surface area contributed by atoms with Gasteiger partial charge in [-0.1, -0.05) is 0 Å². The molecule has 4 nitrogen and oxygen atoms in total. The molecular weight excluding hydrogens is 337 g/mol. The van der Waals surface area contributed by atoms with Crippen LogP contribution in [0.1, 0.15) is 48.2 Å². The van der Waals surface area contributed by atoms with Crippen LogP contribution in [0.5, 0.6) is 0 Å². The summed E-state index contributed by atoms with van der Waals surface area (Å²) in [4.78, 5) is 10.5. The molecule has 8 heteroatoms.